The van der Waals surface area contributed by atoms with Crippen LogP contribution in [0, 0.1) is 88.8 Å². The maximum absolute atomic E-state index is 11.8. The second-order valence-electron chi connectivity index (χ2n) is 5.99. The molecule has 0 saturated carbocycles. The summed E-state index contributed by atoms with van der Waals surface area (Å²) < 4.78 is 0. The molecule has 0 fully saturated rings. The average Bonchev–Trinajstić information content (AvgIpc) is 2.74. The van der Waals surface area contributed by atoms with E-state index in [1.807, 2.05) is 0 Å². The number of rotatable bonds is 8. The van der Waals surface area contributed by atoms with Crippen molar-refractivity contribution < 1.29 is 19.5 Å². The average molecular weight is 411 g/mol. The summed E-state index contributed by atoms with van der Waals surface area (Å²) in [6, 6.07) is -0.562. The third kappa shape index (κ3) is 16.4. The zero-order valence-corrected chi connectivity index (χ0v) is 17.7. The number of hydrogen-bond donors (Lipinski definition) is 2. The zero-order chi connectivity index (χ0) is 23.3. The van der Waals surface area contributed by atoms with Gasteiger partial charge in [0.25, 0.3) is 0 Å². The standard InChI is InChI=1S/C26H21NO4/c1-4-5-6-7-8-9-10-11-12-13-14-15-16-17-25(30)20-24(21-28)18-19-26(31)27-22(2)23(3)29/h22,24,28H,18-21H2,1-3H3,(H,27,31)/t22-,24-/m0/s1. The van der Waals surface area contributed by atoms with Gasteiger partial charge in [0.1, 0.15) is 0 Å². The number of carbonyl (C=O) groups excluding carboxylic acids is 3. The molecular formula is C26H21NO4. The van der Waals surface area contributed by atoms with Crippen LogP contribution in [0.15, 0.2) is 0 Å². The number of amides is 1. The van der Waals surface area contributed by atoms with Gasteiger partial charge in [0.2, 0.25) is 11.7 Å². The van der Waals surface area contributed by atoms with Gasteiger partial charge in [-0.1, -0.05) is 5.92 Å². The van der Waals surface area contributed by atoms with E-state index in [1.54, 1.807) is 13.8 Å². The van der Waals surface area contributed by atoms with E-state index in [1.165, 1.54) is 6.92 Å². The fourth-order valence-electron chi connectivity index (χ4n) is 1.80. The van der Waals surface area contributed by atoms with Gasteiger partial charge >= 0.3 is 0 Å². The van der Waals surface area contributed by atoms with Crippen LogP contribution in [0.25, 0.3) is 0 Å². The molecule has 0 bridgehead atoms. The van der Waals surface area contributed by atoms with E-state index in [0.717, 1.165) is 0 Å². The second-order valence-corrected chi connectivity index (χ2v) is 5.99. The van der Waals surface area contributed by atoms with E-state index >= 15 is 0 Å². The van der Waals surface area contributed by atoms with Gasteiger partial charge in [0, 0.05) is 19.4 Å². The Kier molecular flexibility index (Phi) is 15.3. The normalized spacial score (nSPS) is 9.42. The topological polar surface area (TPSA) is 83.5 Å². The van der Waals surface area contributed by atoms with Gasteiger partial charge in [-0.05, 0) is 110 Å². The number of Topliss-reactive ketones (excluding diaryl/α,β-unsaturated/α-hetero) is 2. The summed E-state index contributed by atoms with van der Waals surface area (Å²) in [6.45, 7) is 4.40. The summed E-state index contributed by atoms with van der Waals surface area (Å²) in [6.07, 6.45) is 0.406. The van der Waals surface area contributed by atoms with Crippen molar-refractivity contribution in [2.45, 2.75) is 46.1 Å². The molecule has 0 heterocycles. The van der Waals surface area contributed by atoms with Gasteiger partial charge in [-0.25, -0.2) is 0 Å². The predicted molar refractivity (Wildman–Crippen MR) is 118 cm³/mol. The Morgan fingerprint density at radius 3 is 1.77 bits per heavy atom. The van der Waals surface area contributed by atoms with E-state index in [2.05, 4.69) is 88.2 Å². The Bertz CT molecular complexity index is 1110. The summed E-state index contributed by atoms with van der Waals surface area (Å²) in [5.74, 6) is 33.3. The second kappa shape index (κ2) is 17.8. The third-order valence-corrected chi connectivity index (χ3v) is 3.51. The summed E-state index contributed by atoms with van der Waals surface area (Å²) >= 11 is 0. The molecule has 0 aliphatic rings. The fourth-order valence-corrected chi connectivity index (χ4v) is 1.80. The zero-order valence-electron chi connectivity index (χ0n) is 17.7. The largest absolute Gasteiger partial charge is 0.396 e. The Balaban J connectivity index is 4.49. The lowest BCUT2D eigenvalue weighted by Crippen LogP contribution is -2.37. The highest BCUT2D eigenvalue weighted by atomic mass is 16.3. The molecule has 2 atom stereocenters. The van der Waals surface area contributed by atoms with Crippen molar-refractivity contribution in [1.29, 1.82) is 0 Å². The Labute approximate surface area is 184 Å². The lowest BCUT2D eigenvalue weighted by atomic mass is 9.97. The fraction of sp³-hybridized carbons (Fsp3) is 0.346. The molecule has 31 heavy (non-hydrogen) atoms. The molecule has 0 radical (unpaired) electrons. The van der Waals surface area contributed by atoms with Gasteiger partial charge < -0.3 is 10.4 Å². The highest BCUT2D eigenvalue weighted by Crippen LogP contribution is 2.11. The Hall–Kier alpha value is -4.31. The number of nitrogens with one attached hydrogen (secondary N) is 1. The quantitative estimate of drug-likeness (QED) is 0.449. The van der Waals surface area contributed by atoms with Gasteiger partial charge in [-0.2, -0.15) is 0 Å². The first-order chi connectivity index (χ1) is 14.9. The van der Waals surface area contributed by atoms with Crippen LogP contribution < -0.4 is 5.32 Å². The highest BCUT2D eigenvalue weighted by Gasteiger charge is 2.16. The smallest absolute Gasteiger partial charge is 0.220 e. The molecule has 0 aliphatic heterocycles. The van der Waals surface area contributed by atoms with Crippen LogP contribution in [0.5, 0.6) is 0 Å². The van der Waals surface area contributed by atoms with E-state index < -0.39 is 17.7 Å². The number of ketones is 2. The molecule has 0 rings (SSSR count). The van der Waals surface area contributed by atoms with Crippen LogP contribution in [0.2, 0.25) is 0 Å². The lowest BCUT2D eigenvalue weighted by molar-refractivity contribution is -0.126. The van der Waals surface area contributed by atoms with Crippen molar-refractivity contribution in [2.24, 2.45) is 5.92 Å². The number of carbonyl (C=O) groups is 3. The van der Waals surface area contributed by atoms with Gasteiger partial charge in [0.05, 0.1) is 6.04 Å². The molecule has 0 aromatic rings. The molecule has 2 N–H and O–H groups in total. The molecule has 5 heteroatoms. The highest BCUT2D eigenvalue weighted by molar-refractivity contribution is 5.96. The minimum Gasteiger partial charge on any atom is -0.396 e. The van der Waals surface area contributed by atoms with Crippen LogP contribution >= 0.6 is 0 Å². The first-order valence-electron chi connectivity index (χ1n) is 9.27. The molecule has 0 aromatic carbocycles. The van der Waals surface area contributed by atoms with Crippen molar-refractivity contribution >= 4 is 17.5 Å². The van der Waals surface area contributed by atoms with Gasteiger partial charge in [-0.15, -0.1) is 0 Å². The van der Waals surface area contributed by atoms with Crippen LogP contribution in [0.1, 0.15) is 40.0 Å². The molecular weight excluding hydrogens is 390 g/mol. The molecule has 5 nitrogen and oxygen atoms in total. The lowest BCUT2D eigenvalue weighted by Gasteiger charge is -2.13. The molecule has 0 saturated heterocycles. The van der Waals surface area contributed by atoms with Gasteiger partial charge in [-0.3, -0.25) is 14.4 Å². The SMILES string of the molecule is CC#CC#CC#CC#CC#CC#CC#CC(=O)C[C@@H](CO)CCC(=O)N[C@@H](C)C(C)=O. The first-order valence-corrected chi connectivity index (χ1v) is 9.27. The first kappa shape index (κ1) is 26.7. The van der Waals surface area contributed by atoms with Crippen LogP contribution in [-0.2, 0) is 14.4 Å². The molecule has 0 spiro atoms. The molecule has 0 unspecified atom stereocenters. The maximum Gasteiger partial charge on any atom is 0.220 e. The van der Waals surface area contributed by atoms with Gasteiger partial charge in [0.15, 0.2) is 5.78 Å². The van der Waals surface area contributed by atoms with Crippen molar-refractivity contribution in [3.63, 3.8) is 0 Å². The summed E-state index contributed by atoms with van der Waals surface area (Å²) in [7, 11) is 0. The van der Waals surface area contributed by atoms with Crippen molar-refractivity contribution in [2.75, 3.05) is 6.61 Å². The third-order valence-electron chi connectivity index (χ3n) is 3.51. The molecule has 0 aromatic heterocycles. The van der Waals surface area contributed by atoms with E-state index in [9.17, 15) is 19.5 Å². The van der Waals surface area contributed by atoms with E-state index in [0.29, 0.717) is 6.42 Å². The number of hydrogen-bond acceptors (Lipinski definition) is 4. The maximum atomic E-state index is 11.8. The summed E-state index contributed by atoms with van der Waals surface area (Å²) in [4.78, 5) is 34.7. The van der Waals surface area contributed by atoms with E-state index in [-0.39, 0.29) is 31.1 Å². The van der Waals surface area contributed by atoms with Crippen LogP contribution in [0.3, 0.4) is 0 Å². The molecule has 0 aliphatic carbocycles. The summed E-state index contributed by atoms with van der Waals surface area (Å²) in [5.41, 5.74) is 0. The number of aliphatic hydroxyl groups excluding tert-OH is 1. The molecule has 154 valence electrons. The Morgan fingerprint density at radius 2 is 1.32 bits per heavy atom. The Morgan fingerprint density at radius 1 is 0.839 bits per heavy atom. The minimum atomic E-state index is -0.562. The van der Waals surface area contributed by atoms with Crippen LogP contribution in [-0.4, -0.2) is 35.2 Å². The van der Waals surface area contributed by atoms with E-state index in [4.69, 9.17) is 0 Å². The van der Waals surface area contributed by atoms with Crippen LogP contribution in [0.4, 0.5) is 0 Å². The monoisotopic (exact) mass is 411 g/mol. The van der Waals surface area contributed by atoms with Crippen molar-refractivity contribution in [3.05, 3.63) is 0 Å². The molecule has 1 amide bonds. The predicted octanol–water partition coefficient (Wildman–Crippen LogP) is 0.472. The minimum absolute atomic E-state index is 0.00325. The summed E-state index contributed by atoms with van der Waals surface area (Å²) in [5, 5.41) is 11.9. The van der Waals surface area contributed by atoms with Crippen molar-refractivity contribution in [1.82, 2.24) is 5.32 Å². The number of aliphatic hydroxyl groups is 1. The van der Waals surface area contributed by atoms with Crippen molar-refractivity contribution in [3.8, 4) is 82.9 Å².